The summed E-state index contributed by atoms with van der Waals surface area (Å²) < 4.78 is 4.94. The van der Waals surface area contributed by atoms with Crippen molar-refractivity contribution >= 4 is 11.8 Å². The van der Waals surface area contributed by atoms with Crippen LogP contribution in [-0.2, 0) is 11.2 Å². The van der Waals surface area contributed by atoms with Gasteiger partial charge in [0.2, 0.25) is 0 Å². The van der Waals surface area contributed by atoms with Gasteiger partial charge in [0.05, 0.1) is 18.4 Å². The fourth-order valence-corrected chi connectivity index (χ4v) is 2.23. The lowest BCUT2D eigenvalue weighted by Crippen LogP contribution is -2.13. The van der Waals surface area contributed by atoms with Gasteiger partial charge in [-0.25, -0.2) is 9.78 Å². The molecule has 1 aromatic heterocycles. The van der Waals surface area contributed by atoms with E-state index in [4.69, 9.17) is 10.5 Å². The van der Waals surface area contributed by atoms with Crippen LogP contribution >= 0.6 is 0 Å². The Morgan fingerprint density at radius 2 is 2.39 bits per heavy atom. The molecule has 3 N–H and O–H groups in total. The van der Waals surface area contributed by atoms with E-state index in [0.29, 0.717) is 24.3 Å². The lowest BCUT2D eigenvalue weighted by atomic mass is 10.0. The fraction of sp³-hybridized carbons (Fsp3) is 0.538. The van der Waals surface area contributed by atoms with Gasteiger partial charge in [-0.3, -0.25) is 0 Å². The quantitative estimate of drug-likeness (QED) is 0.615. The first-order chi connectivity index (χ1) is 8.63. The predicted molar refractivity (Wildman–Crippen MR) is 67.1 cm³/mol. The summed E-state index contributed by atoms with van der Waals surface area (Å²) in [5.74, 6) is -0.322. The number of aryl methyl sites for hydroxylation is 1. The van der Waals surface area contributed by atoms with Crippen LogP contribution < -0.4 is 5.73 Å². The maximum Gasteiger partial charge on any atom is 0.341 e. The van der Waals surface area contributed by atoms with Crippen molar-refractivity contribution in [1.82, 2.24) is 4.98 Å². The lowest BCUT2D eigenvalue weighted by Gasteiger charge is -2.13. The van der Waals surface area contributed by atoms with Gasteiger partial charge in [0.1, 0.15) is 11.4 Å². The molecule has 2 rings (SSSR count). The second-order valence-electron chi connectivity index (χ2n) is 4.45. The third-order valence-electron chi connectivity index (χ3n) is 3.15. The van der Waals surface area contributed by atoms with Gasteiger partial charge in [0, 0.05) is 0 Å². The summed E-state index contributed by atoms with van der Waals surface area (Å²) in [5.41, 5.74) is 7.57. The number of nitrogens with two attached hydrogens (primary N) is 1. The number of carbonyl (C=O) groups excluding carboxylic acids is 1. The number of esters is 1. The molecule has 1 aliphatic rings. The van der Waals surface area contributed by atoms with Crippen molar-refractivity contribution in [2.75, 3.05) is 12.3 Å². The van der Waals surface area contributed by atoms with Crippen LogP contribution in [0.4, 0.5) is 5.82 Å². The zero-order valence-electron chi connectivity index (χ0n) is 10.5. The van der Waals surface area contributed by atoms with Crippen molar-refractivity contribution in [3.05, 3.63) is 22.9 Å². The Morgan fingerprint density at radius 3 is 3.11 bits per heavy atom. The van der Waals surface area contributed by atoms with Crippen LogP contribution in [0.15, 0.2) is 6.07 Å². The zero-order valence-corrected chi connectivity index (χ0v) is 10.5. The molecule has 0 aliphatic heterocycles. The van der Waals surface area contributed by atoms with Gasteiger partial charge in [0.15, 0.2) is 0 Å². The standard InChI is InChI=1S/C13H18N2O3/c1-2-18-13(17)9-7-8-5-3-4-6-10(16)11(8)15-12(9)14/h7,10,16H,2-6H2,1H3,(H2,14,15). The van der Waals surface area contributed by atoms with E-state index < -0.39 is 12.1 Å². The Kier molecular flexibility index (Phi) is 3.81. The van der Waals surface area contributed by atoms with Crippen LogP contribution in [0.3, 0.4) is 0 Å². The molecule has 0 saturated carbocycles. The molecule has 0 saturated heterocycles. The number of aliphatic hydroxyl groups is 1. The largest absolute Gasteiger partial charge is 0.462 e. The van der Waals surface area contributed by atoms with E-state index in [1.54, 1.807) is 13.0 Å². The third-order valence-corrected chi connectivity index (χ3v) is 3.15. The number of ether oxygens (including phenoxy) is 1. The highest BCUT2D eigenvalue weighted by molar-refractivity contribution is 5.94. The van der Waals surface area contributed by atoms with Crippen LogP contribution in [0.25, 0.3) is 0 Å². The highest BCUT2D eigenvalue weighted by Crippen LogP contribution is 2.29. The van der Waals surface area contributed by atoms with Gasteiger partial charge in [-0.15, -0.1) is 0 Å². The molecular formula is C13H18N2O3. The van der Waals surface area contributed by atoms with E-state index in [2.05, 4.69) is 4.98 Å². The summed E-state index contributed by atoms with van der Waals surface area (Å²) in [6.07, 6.45) is 2.86. The number of anilines is 1. The summed E-state index contributed by atoms with van der Waals surface area (Å²) in [7, 11) is 0. The molecule has 0 amide bonds. The third kappa shape index (κ3) is 2.46. The van der Waals surface area contributed by atoms with E-state index in [1.165, 1.54) is 0 Å². The molecule has 5 heteroatoms. The number of fused-ring (bicyclic) bond motifs is 1. The monoisotopic (exact) mass is 250 g/mol. The summed E-state index contributed by atoms with van der Waals surface area (Å²) in [6, 6.07) is 1.71. The Bertz CT molecular complexity index is 460. The normalized spacial score (nSPS) is 18.9. The number of aliphatic hydroxyl groups excluding tert-OH is 1. The van der Waals surface area contributed by atoms with E-state index in [9.17, 15) is 9.90 Å². The van der Waals surface area contributed by atoms with Gasteiger partial charge in [-0.2, -0.15) is 0 Å². The number of hydrogen-bond donors (Lipinski definition) is 2. The van der Waals surface area contributed by atoms with E-state index >= 15 is 0 Å². The Hall–Kier alpha value is -1.62. The molecule has 0 aromatic carbocycles. The van der Waals surface area contributed by atoms with Crippen molar-refractivity contribution in [2.45, 2.75) is 38.7 Å². The average molecular weight is 250 g/mol. The second kappa shape index (κ2) is 5.35. The smallest absolute Gasteiger partial charge is 0.341 e. The summed E-state index contributed by atoms with van der Waals surface area (Å²) in [5, 5.41) is 9.96. The number of aromatic nitrogens is 1. The molecule has 1 aliphatic carbocycles. The lowest BCUT2D eigenvalue weighted by molar-refractivity contribution is 0.0526. The van der Waals surface area contributed by atoms with Gasteiger partial charge < -0.3 is 15.6 Å². The van der Waals surface area contributed by atoms with Gasteiger partial charge in [-0.1, -0.05) is 6.42 Å². The van der Waals surface area contributed by atoms with Crippen molar-refractivity contribution in [3.63, 3.8) is 0 Å². The molecule has 5 nitrogen and oxygen atoms in total. The highest BCUT2D eigenvalue weighted by atomic mass is 16.5. The highest BCUT2D eigenvalue weighted by Gasteiger charge is 2.22. The minimum absolute atomic E-state index is 0.133. The molecule has 1 heterocycles. The second-order valence-corrected chi connectivity index (χ2v) is 4.45. The summed E-state index contributed by atoms with van der Waals surface area (Å²) in [4.78, 5) is 15.9. The molecule has 0 bridgehead atoms. The first kappa shape index (κ1) is 12.8. The maximum absolute atomic E-state index is 11.7. The first-order valence-corrected chi connectivity index (χ1v) is 6.28. The maximum atomic E-state index is 11.7. The first-order valence-electron chi connectivity index (χ1n) is 6.28. The van der Waals surface area contributed by atoms with Crippen molar-refractivity contribution < 1.29 is 14.6 Å². The Labute approximate surface area is 106 Å². The number of pyridine rings is 1. The van der Waals surface area contributed by atoms with Crippen LogP contribution in [0.1, 0.15) is 53.9 Å². The summed E-state index contributed by atoms with van der Waals surface area (Å²) in [6.45, 7) is 2.05. The Morgan fingerprint density at radius 1 is 1.61 bits per heavy atom. The van der Waals surface area contributed by atoms with Gasteiger partial charge in [-0.05, 0) is 37.8 Å². The molecule has 0 fully saturated rings. The molecule has 1 unspecified atom stereocenters. The van der Waals surface area contributed by atoms with Crippen LogP contribution in [0, 0.1) is 0 Å². The molecule has 98 valence electrons. The van der Waals surface area contributed by atoms with Crippen LogP contribution in [0.5, 0.6) is 0 Å². The topological polar surface area (TPSA) is 85.4 Å². The van der Waals surface area contributed by atoms with E-state index in [-0.39, 0.29) is 5.82 Å². The minimum Gasteiger partial charge on any atom is -0.462 e. The van der Waals surface area contributed by atoms with Crippen LogP contribution in [-0.4, -0.2) is 22.7 Å². The number of rotatable bonds is 2. The SMILES string of the molecule is CCOC(=O)c1cc2c(nc1N)C(O)CCCC2. The van der Waals surface area contributed by atoms with Crippen LogP contribution in [0.2, 0.25) is 0 Å². The molecule has 18 heavy (non-hydrogen) atoms. The number of hydrogen-bond acceptors (Lipinski definition) is 5. The van der Waals surface area contributed by atoms with E-state index in [0.717, 1.165) is 24.8 Å². The zero-order chi connectivity index (χ0) is 13.1. The predicted octanol–water partition coefficient (Wildman–Crippen LogP) is 1.60. The molecule has 0 radical (unpaired) electrons. The molecule has 0 spiro atoms. The molecule has 1 atom stereocenters. The Balaban J connectivity index is 2.41. The number of nitrogens with zero attached hydrogens (tertiary/aromatic N) is 1. The number of nitrogen functional groups attached to an aromatic ring is 1. The molecular weight excluding hydrogens is 232 g/mol. The molecule has 1 aromatic rings. The fourth-order valence-electron chi connectivity index (χ4n) is 2.23. The average Bonchev–Trinajstić information content (AvgIpc) is 2.51. The van der Waals surface area contributed by atoms with Crippen molar-refractivity contribution in [3.8, 4) is 0 Å². The summed E-state index contributed by atoms with van der Waals surface area (Å²) >= 11 is 0. The minimum atomic E-state index is -0.582. The van der Waals surface area contributed by atoms with Crippen molar-refractivity contribution in [2.24, 2.45) is 0 Å². The number of carbonyl (C=O) groups is 1. The van der Waals surface area contributed by atoms with Crippen molar-refractivity contribution in [1.29, 1.82) is 0 Å². The van der Waals surface area contributed by atoms with Gasteiger partial charge in [0.25, 0.3) is 0 Å². The van der Waals surface area contributed by atoms with Gasteiger partial charge >= 0.3 is 5.97 Å². The van der Waals surface area contributed by atoms with E-state index in [1.807, 2.05) is 0 Å².